The summed E-state index contributed by atoms with van der Waals surface area (Å²) in [7, 11) is 0. The molecule has 2 heterocycles. The molecule has 1 fully saturated rings. The summed E-state index contributed by atoms with van der Waals surface area (Å²) in [6.45, 7) is 3.13. The molecule has 29 heavy (non-hydrogen) atoms. The Hall–Kier alpha value is -2.35. The Morgan fingerprint density at radius 3 is 2.55 bits per heavy atom. The van der Waals surface area contributed by atoms with Crippen molar-refractivity contribution in [2.75, 3.05) is 31.1 Å². The van der Waals surface area contributed by atoms with E-state index in [1.165, 1.54) is 12.1 Å². The van der Waals surface area contributed by atoms with E-state index in [4.69, 9.17) is 17.3 Å². The Morgan fingerprint density at radius 1 is 1.10 bits per heavy atom. The molecule has 4 rings (SSSR count). The van der Waals surface area contributed by atoms with Gasteiger partial charge in [-0.05, 0) is 34.9 Å². The number of fused-ring (bicyclic) bond motifs is 1. The number of pyridine rings is 1. The third kappa shape index (κ3) is 3.90. The second kappa shape index (κ2) is 7.82. The maximum absolute atomic E-state index is 13.7. The predicted molar refractivity (Wildman–Crippen MR) is 110 cm³/mol. The van der Waals surface area contributed by atoms with E-state index in [2.05, 4.69) is 15.2 Å². The second-order valence-electron chi connectivity index (χ2n) is 6.98. The number of hydrogen-bond acceptors (Lipinski definition) is 4. The first kappa shape index (κ1) is 19.9. The topological polar surface area (TPSA) is 54.2 Å². The Morgan fingerprint density at radius 2 is 1.86 bits per heavy atom. The van der Waals surface area contributed by atoms with Gasteiger partial charge in [0.05, 0.1) is 16.1 Å². The molecule has 152 valence electrons. The standard InChI is InChI=1S/C21H20ClF3N4/c22-17-11-15-10-13(16-3-1-2-14(12-26)19(16)21(23,24)25)4-5-18(15)28-20(17)29-8-6-27-7-9-29/h1-5,10-11,27H,6-9,12,26H2. The molecule has 1 aliphatic rings. The van der Waals surface area contributed by atoms with Gasteiger partial charge in [-0.1, -0.05) is 35.9 Å². The molecule has 1 aromatic heterocycles. The van der Waals surface area contributed by atoms with E-state index < -0.39 is 11.7 Å². The molecule has 3 N–H and O–H groups in total. The summed E-state index contributed by atoms with van der Waals surface area (Å²) in [6.07, 6.45) is -4.50. The van der Waals surface area contributed by atoms with E-state index in [0.717, 1.165) is 26.2 Å². The van der Waals surface area contributed by atoms with Crippen LogP contribution in [0.3, 0.4) is 0 Å². The van der Waals surface area contributed by atoms with Gasteiger partial charge in [0, 0.05) is 38.1 Å². The lowest BCUT2D eigenvalue weighted by atomic mass is 9.94. The zero-order chi connectivity index (χ0) is 20.6. The first-order chi connectivity index (χ1) is 13.9. The second-order valence-corrected chi connectivity index (χ2v) is 7.39. The third-order valence-corrected chi connectivity index (χ3v) is 5.41. The highest BCUT2D eigenvalue weighted by atomic mass is 35.5. The Bertz CT molecular complexity index is 1050. The van der Waals surface area contributed by atoms with Gasteiger partial charge in [-0.2, -0.15) is 13.2 Å². The van der Waals surface area contributed by atoms with E-state index in [0.29, 0.717) is 27.3 Å². The highest BCUT2D eigenvalue weighted by molar-refractivity contribution is 6.33. The van der Waals surface area contributed by atoms with Gasteiger partial charge in [0.25, 0.3) is 0 Å². The lowest BCUT2D eigenvalue weighted by Gasteiger charge is -2.29. The van der Waals surface area contributed by atoms with Crippen LogP contribution in [0.15, 0.2) is 42.5 Å². The van der Waals surface area contributed by atoms with Gasteiger partial charge in [-0.15, -0.1) is 0 Å². The fourth-order valence-corrected chi connectivity index (χ4v) is 4.03. The normalized spacial score (nSPS) is 15.1. The van der Waals surface area contributed by atoms with Crippen molar-refractivity contribution in [3.63, 3.8) is 0 Å². The Labute approximate surface area is 171 Å². The Kier molecular flexibility index (Phi) is 5.38. The minimum atomic E-state index is -4.50. The summed E-state index contributed by atoms with van der Waals surface area (Å²) in [6, 6.07) is 11.3. The molecule has 1 aliphatic heterocycles. The third-order valence-electron chi connectivity index (χ3n) is 5.13. The molecule has 2 aromatic carbocycles. The number of piperazine rings is 1. The number of halogens is 4. The summed E-state index contributed by atoms with van der Waals surface area (Å²) >= 11 is 6.47. The van der Waals surface area contributed by atoms with Gasteiger partial charge in [-0.25, -0.2) is 4.98 Å². The molecule has 0 spiro atoms. The summed E-state index contributed by atoms with van der Waals surface area (Å²) in [4.78, 5) is 6.77. The minimum absolute atomic E-state index is 0.0697. The van der Waals surface area contributed by atoms with Crippen molar-refractivity contribution in [2.45, 2.75) is 12.7 Å². The van der Waals surface area contributed by atoms with Crippen molar-refractivity contribution in [1.82, 2.24) is 10.3 Å². The number of aromatic nitrogens is 1. The van der Waals surface area contributed by atoms with Gasteiger partial charge < -0.3 is 16.0 Å². The fraction of sp³-hybridized carbons (Fsp3) is 0.286. The van der Waals surface area contributed by atoms with Crippen LogP contribution in [0.2, 0.25) is 5.02 Å². The van der Waals surface area contributed by atoms with Crippen molar-refractivity contribution < 1.29 is 13.2 Å². The number of alkyl halides is 3. The van der Waals surface area contributed by atoms with Crippen LogP contribution in [0.5, 0.6) is 0 Å². The monoisotopic (exact) mass is 420 g/mol. The van der Waals surface area contributed by atoms with Gasteiger partial charge in [-0.3, -0.25) is 0 Å². The molecular weight excluding hydrogens is 401 g/mol. The van der Waals surface area contributed by atoms with Crippen molar-refractivity contribution in [3.8, 4) is 11.1 Å². The van der Waals surface area contributed by atoms with Crippen LogP contribution in [-0.4, -0.2) is 31.2 Å². The zero-order valence-corrected chi connectivity index (χ0v) is 16.3. The van der Waals surface area contributed by atoms with Crippen LogP contribution in [0.4, 0.5) is 19.0 Å². The largest absolute Gasteiger partial charge is 0.417 e. The summed E-state index contributed by atoms with van der Waals surface area (Å²) in [5.41, 5.74) is 6.17. The number of hydrogen-bond donors (Lipinski definition) is 2. The molecule has 0 bridgehead atoms. The quantitative estimate of drug-likeness (QED) is 0.657. The molecule has 8 heteroatoms. The summed E-state index contributed by atoms with van der Waals surface area (Å²) in [5.74, 6) is 0.703. The zero-order valence-electron chi connectivity index (χ0n) is 15.6. The molecule has 0 amide bonds. The number of anilines is 1. The number of nitrogens with zero attached hydrogens (tertiary/aromatic N) is 2. The van der Waals surface area contributed by atoms with Crippen LogP contribution >= 0.6 is 11.6 Å². The van der Waals surface area contributed by atoms with Crippen LogP contribution in [0.1, 0.15) is 11.1 Å². The van der Waals surface area contributed by atoms with Crippen LogP contribution < -0.4 is 16.0 Å². The molecule has 0 atom stereocenters. The highest BCUT2D eigenvalue weighted by Crippen LogP contribution is 2.40. The molecule has 0 radical (unpaired) electrons. The summed E-state index contributed by atoms with van der Waals surface area (Å²) < 4.78 is 41.2. The molecule has 4 nitrogen and oxygen atoms in total. The molecular formula is C21H20ClF3N4. The SMILES string of the molecule is NCc1cccc(-c2ccc3nc(N4CCNCC4)c(Cl)cc3c2)c1C(F)(F)F. The average molecular weight is 421 g/mol. The van der Waals surface area contributed by atoms with Crippen LogP contribution in [-0.2, 0) is 12.7 Å². The maximum atomic E-state index is 13.7. The number of benzene rings is 2. The highest BCUT2D eigenvalue weighted by Gasteiger charge is 2.36. The minimum Gasteiger partial charge on any atom is -0.353 e. The van der Waals surface area contributed by atoms with Crippen molar-refractivity contribution in [2.24, 2.45) is 5.73 Å². The van der Waals surface area contributed by atoms with E-state index >= 15 is 0 Å². The van der Waals surface area contributed by atoms with Crippen molar-refractivity contribution >= 4 is 28.3 Å². The number of nitrogens with one attached hydrogen (secondary N) is 1. The van der Waals surface area contributed by atoms with Gasteiger partial charge in [0.2, 0.25) is 0 Å². The van der Waals surface area contributed by atoms with E-state index in [1.54, 1.807) is 30.3 Å². The maximum Gasteiger partial charge on any atom is 0.417 e. The first-order valence-corrected chi connectivity index (χ1v) is 9.72. The van der Waals surface area contributed by atoms with E-state index in [9.17, 15) is 13.2 Å². The molecule has 3 aromatic rings. The fourth-order valence-electron chi connectivity index (χ4n) is 3.75. The van der Waals surface area contributed by atoms with Gasteiger partial charge in [0.15, 0.2) is 0 Å². The lowest BCUT2D eigenvalue weighted by molar-refractivity contribution is -0.137. The summed E-state index contributed by atoms with van der Waals surface area (Å²) in [5, 5.41) is 4.46. The van der Waals surface area contributed by atoms with E-state index in [-0.39, 0.29) is 17.7 Å². The van der Waals surface area contributed by atoms with Gasteiger partial charge >= 0.3 is 6.18 Å². The first-order valence-electron chi connectivity index (χ1n) is 9.34. The predicted octanol–water partition coefficient (Wildman–Crippen LogP) is 4.44. The van der Waals surface area contributed by atoms with E-state index in [1.807, 2.05) is 0 Å². The molecule has 1 saturated heterocycles. The van der Waals surface area contributed by atoms with Crippen LogP contribution in [0, 0.1) is 0 Å². The average Bonchev–Trinajstić information content (AvgIpc) is 2.72. The van der Waals surface area contributed by atoms with Gasteiger partial charge in [0.1, 0.15) is 5.82 Å². The number of rotatable bonds is 3. The van der Waals surface area contributed by atoms with Crippen molar-refractivity contribution in [1.29, 1.82) is 0 Å². The van der Waals surface area contributed by atoms with Crippen LogP contribution in [0.25, 0.3) is 22.0 Å². The molecule has 0 aliphatic carbocycles. The smallest absolute Gasteiger partial charge is 0.353 e. The number of nitrogens with two attached hydrogens (primary N) is 1. The Balaban J connectivity index is 1.81. The molecule has 0 unspecified atom stereocenters. The van der Waals surface area contributed by atoms with Crippen molar-refractivity contribution in [3.05, 3.63) is 58.6 Å². The molecule has 0 saturated carbocycles. The lowest BCUT2D eigenvalue weighted by Crippen LogP contribution is -2.44.